The second kappa shape index (κ2) is 2.97. The van der Waals surface area contributed by atoms with Gasteiger partial charge in [-0.25, -0.2) is 0 Å². The predicted octanol–water partition coefficient (Wildman–Crippen LogP) is 0.443. The molecule has 0 unspecified atom stereocenters. The van der Waals surface area contributed by atoms with E-state index in [-0.39, 0.29) is 19.1 Å². The van der Waals surface area contributed by atoms with Gasteiger partial charge in [-0.2, -0.15) is 0 Å². The summed E-state index contributed by atoms with van der Waals surface area (Å²) in [6.45, 7) is 0.213. The highest BCUT2D eigenvalue weighted by Crippen LogP contribution is 2.35. The average molecular weight is 179 g/mol. The van der Waals surface area contributed by atoms with Crippen molar-refractivity contribution in [3.63, 3.8) is 0 Å². The fourth-order valence-corrected chi connectivity index (χ4v) is 1.32. The SMILES string of the molecule is NC(=O)Cc1cccc2c1OCO2. The van der Waals surface area contributed by atoms with Gasteiger partial charge in [-0.1, -0.05) is 12.1 Å². The van der Waals surface area contributed by atoms with Crippen LogP contribution in [0.25, 0.3) is 0 Å². The lowest BCUT2D eigenvalue weighted by Gasteiger charge is -2.02. The first-order chi connectivity index (χ1) is 6.27. The Hall–Kier alpha value is -1.71. The smallest absolute Gasteiger partial charge is 0.231 e. The van der Waals surface area contributed by atoms with Gasteiger partial charge in [-0.3, -0.25) is 4.79 Å². The molecule has 0 saturated carbocycles. The van der Waals surface area contributed by atoms with E-state index in [9.17, 15) is 4.79 Å². The van der Waals surface area contributed by atoms with E-state index in [1.807, 2.05) is 6.07 Å². The van der Waals surface area contributed by atoms with Crippen LogP contribution in [-0.2, 0) is 11.2 Å². The van der Waals surface area contributed by atoms with Gasteiger partial charge in [0.05, 0.1) is 6.42 Å². The number of fused-ring (bicyclic) bond motifs is 1. The lowest BCUT2D eigenvalue weighted by atomic mass is 10.1. The number of para-hydroxylation sites is 1. The Kier molecular flexibility index (Phi) is 1.81. The second-order valence-corrected chi connectivity index (χ2v) is 2.79. The highest BCUT2D eigenvalue weighted by molar-refractivity contribution is 5.78. The van der Waals surface area contributed by atoms with Crippen LogP contribution in [0.2, 0.25) is 0 Å². The number of hydrogen-bond acceptors (Lipinski definition) is 3. The van der Waals surface area contributed by atoms with Crippen molar-refractivity contribution < 1.29 is 14.3 Å². The Morgan fingerprint density at radius 1 is 1.46 bits per heavy atom. The fourth-order valence-electron chi connectivity index (χ4n) is 1.32. The van der Waals surface area contributed by atoms with E-state index in [4.69, 9.17) is 15.2 Å². The van der Waals surface area contributed by atoms with Gasteiger partial charge in [0.15, 0.2) is 11.5 Å². The Morgan fingerprint density at radius 2 is 2.31 bits per heavy atom. The van der Waals surface area contributed by atoms with Gasteiger partial charge in [0.2, 0.25) is 12.7 Å². The summed E-state index contributed by atoms with van der Waals surface area (Å²) in [6, 6.07) is 5.41. The molecule has 68 valence electrons. The van der Waals surface area contributed by atoms with E-state index in [1.54, 1.807) is 12.1 Å². The lowest BCUT2D eigenvalue weighted by molar-refractivity contribution is -0.117. The number of carbonyl (C=O) groups excluding carboxylic acids is 1. The molecular formula is C9H9NO3. The van der Waals surface area contributed by atoms with E-state index in [2.05, 4.69) is 0 Å². The van der Waals surface area contributed by atoms with Crippen LogP contribution in [0.5, 0.6) is 11.5 Å². The molecular weight excluding hydrogens is 170 g/mol. The van der Waals surface area contributed by atoms with Crippen molar-refractivity contribution >= 4 is 5.91 Å². The van der Waals surface area contributed by atoms with E-state index in [0.29, 0.717) is 11.5 Å². The zero-order valence-electron chi connectivity index (χ0n) is 6.95. The highest BCUT2D eigenvalue weighted by Gasteiger charge is 2.17. The monoisotopic (exact) mass is 179 g/mol. The van der Waals surface area contributed by atoms with Gasteiger partial charge in [0, 0.05) is 5.56 Å². The molecule has 0 aromatic heterocycles. The van der Waals surface area contributed by atoms with Crippen LogP contribution in [0.3, 0.4) is 0 Å². The molecule has 0 atom stereocenters. The molecule has 0 fully saturated rings. The van der Waals surface area contributed by atoms with Crippen LogP contribution in [-0.4, -0.2) is 12.7 Å². The number of hydrogen-bond donors (Lipinski definition) is 1. The normalized spacial score (nSPS) is 12.9. The van der Waals surface area contributed by atoms with Crippen molar-refractivity contribution in [1.29, 1.82) is 0 Å². The number of benzene rings is 1. The molecule has 4 heteroatoms. The molecule has 1 aliphatic heterocycles. The summed E-state index contributed by atoms with van der Waals surface area (Å²) < 4.78 is 10.3. The summed E-state index contributed by atoms with van der Waals surface area (Å²) >= 11 is 0. The zero-order chi connectivity index (χ0) is 9.26. The summed E-state index contributed by atoms with van der Waals surface area (Å²) in [5, 5.41) is 0. The highest BCUT2D eigenvalue weighted by atomic mass is 16.7. The van der Waals surface area contributed by atoms with Crippen molar-refractivity contribution in [2.45, 2.75) is 6.42 Å². The van der Waals surface area contributed by atoms with E-state index < -0.39 is 0 Å². The Labute approximate surface area is 75.2 Å². The van der Waals surface area contributed by atoms with Crippen molar-refractivity contribution in [3.05, 3.63) is 23.8 Å². The molecule has 4 nitrogen and oxygen atoms in total. The van der Waals surface area contributed by atoms with Crippen molar-refractivity contribution in [2.75, 3.05) is 6.79 Å². The number of carbonyl (C=O) groups is 1. The summed E-state index contributed by atoms with van der Waals surface area (Å²) in [5.41, 5.74) is 5.86. The summed E-state index contributed by atoms with van der Waals surface area (Å²) in [6.07, 6.45) is 0.187. The Bertz CT molecular complexity index is 349. The second-order valence-electron chi connectivity index (χ2n) is 2.79. The molecule has 1 aliphatic rings. The maximum atomic E-state index is 10.7. The molecule has 2 N–H and O–H groups in total. The number of primary amides is 1. The maximum Gasteiger partial charge on any atom is 0.231 e. The third-order valence-corrected chi connectivity index (χ3v) is 1.84. The van der Waals surface area contributed by atoms with Gasteiger partial charge in [-0.15, -0.1) is 0 Å². The van der Waals surface area contributed by atoms with Crippen molar-refractivity contribution in [2.24, 2.45) is 5.73 Å². The first-order valence-electron chi connectivity index (χ1n) is 3.93. The van der Waals surface area contributed by atoms with Crippen LogP contribution < -0.4 is 15.2 Å². The van der Waals surface area contributed by atoms with Gasteiger partial charge in [0.1, 0.15) is 0 Å². The first kappa shape index (κ1) is 7.91. The molecule has 0 bridgehead atoms. The van der Waals surface area contributed by atoms with Gasteiger partial charge < -0.3 is 15.2 Å². The standard InChI is InChI=1S/C9H9NO3/c10-8(11)4-6-2-1-3-7-9(6)13-5-12-7/h1-3H,4-5H2,(H2,10,11). The van der Waals surface area contributed by atoms with Gasteiger partial charge in [-0.05, 0) is 6.07 Å². The molecule has 0 radical (unpaired) electrons. The molecule has 0 aliphatic carbocycles. The van der Waals surface area contributed by atoms with E-state index >= 15 is 0 Å². The lowest BCUT2D eigenvalue weighted by Crippen LogP contribution is -2.13. The number of nitrogens with two attached hydrogens (primary N) is 1. The molecule has 0 saturated heterocycles. The first-order valence-corrected chi connectivity index (χ1v) is 3.93. The summed E-state index contributed by atoms with van der Waals surface area (Å²) in [5.74, 6) is 0.948. The molecule has 1 aromatic carbocycles. The maximum absolute atomic E-state index is 10.7. The minimum Gasteiger partial charge on any atom is -0.454 e. The van der Waals surface area contributed by atoms with Gasteiger partial charge in [0.25, 0.3) is 0 Å². The third kappa shape index (κ3) is 1.42. The number of amides is 1. The van der Waals surface area contributed by atoms with Crippen molar-refractivity contribution in [1.82, 2.24) is 0 Å². The topological polar surface area (TPSA) is 61.6 Å². The Morgan fingerprint density at radius 3 is 3.08 bits per heavy atom. The van der Waals surface area contributed by atoms with Gasteiger partial charge >= 0.3 is 0 Å². The number of ether oxygens (including phenoxy) is 2. The Balaban J connectivity index is 2.36. The van der Waals surface area contributed by atoms with Crippen LogP contribution in [0.15, 0.2) is 18.2 Å². The van der Waals surface area contributed by atoms with Crippen LogP contribution in [0.4, 0.5) is 0 Å². The van der Waals surface area contributed by atoms with E-state index in [1.165, 1.54) is 0 Å². The summed E-state index contributed by atoms with van der Waals surface area (Å²) in [7, 11) is 0. The zero-order valence-corrected chi connectivity index (χ0v) is 6.95. The third-order valence-electron chi connectivity index (χ3n) is 1.84. The van der Waals surface area contributed by atoms with Crippen LogP contribution >= 0.6 is 0 Å². The molecule has 13 heavy (non-hydrogen) atoms. The molecule has 1 amide bonds. The van der Waals surface area contributed by atoms with Crippen LogP contribution in [0.1, 0.15) is 5.56 Å². The number of rotatable bonds is 2. The predicted molar refractivity (Wildman–Crippen MR) is 45.5 cm³/mol. The van der Waals surface area contributed by atoms with E-state index in [0.717, 1.165) is 5.56 Å². The van der Waals surface area contributed by atoms with Crippen molar-refractivity contribution in [3.8, 4) is 11.5 Å². The minimum atomic E-state index is -0.371. The molecule has 0 spiro atoms. The average Bonchev–Trinajstić information content (AvgIpc) is 2.51. The molecule has 2 rings (SSSR count). The minimum absolute atomic E-state index is 0.187. The molecule has 1 heterocycles. The quantitative estimate of drug-likeness (QED) is 0.716. The summed E-state index contributed by atoms with van der Waals surface area (Å²) in [4.78, 5) is 10.7. The molecule has 1 aromatic rings. The van der Waals surface area contributed by atoms with Crippen LogP contribution in [0, 0.1) is 0 Å². The largest absolute Gasteiger partial charge is 0.454 e. The fraction of sp³-hybridized carbons (Fsp3) is 0.222.